The zero-order valence-corrected chi connectivity index (χ0v) is 16.9. The van der Waals surface area contributed by atoms with Gasteiger partial charge < -0.3 is 4.98 Å². The lowest BCUT2D eigenvalue weighted by molar-refractivity contribution is -0.140. The summed E-state index contributed by atoms with van der Waals surface area (Å²) in [6, 6.07) is 0. The van der Waals surface area contributed by atoms with E-state index in [0.717, 1.165) is 34.5 Å². The van der Waals surface area contributed by atoms with Gasteiger partial charge in [0.2, 0.25) is 11.8 Å². The van der Waals surface area contributed by atoms with E-state index in [4.69, 9.17) is 0 Å². The number of thiophene rings is 1. The van der Waals surface area contributed by atoms with E-state index in [0.29, 0.717) is 29.4 Å². The quantitative estimate of drug-likeness (QED) is 0.602. The Bertz CT molecular complexity index is 903. The fraction of sp³-hybridized carbons (Fsp3) is 0.556. The molecular weight excluding hydrogens is 370 g/mol. The highest BCUT2D eigenvalue weighted by atomic mass is 32.2. The van der Waals surface area contributed by atoms with Crippen LogP contribution in [0.2, 0.25) is 0 Å². The van der Waals surface area contributed by atoms with Gasteiger partial charge in [-0.2, -0.15) is 0 Å². The summed E-state index contributed by atoms with van der Waals surface area (Å²) in [5.41, 5.74) is 0.938. The number of thioether (sulfide) groups is 1. The first-order valence-electron chi connectivity index (χ1n) is 8.89. The highest BCUT2D eigenvalue weighted by molar-refractivity contribution is 7.99. The second-order valence-corrected chi connectivity index (χ2v) is 8.90. The number of aryl methyl sites for hydroxylation is 1. The molecule has 0 saturated carbocycles. The fourth-order valence-electron chi connectivity index (χ4n) is 3.08. The lowest BCUT2D eigenvalue weighted by atomic mass is 9.98. The molecule has 3 rings (SSSR count). The molecule has 140 valence electrons. The summed E-state index contributed by atoms with van der Waals surface area (Å²) < 4.78 is 0. The molecule has 0 aliphatic carbocycles. The average Bonchev–Trinajstić information content (AvgIpc) is 3.16. The van der Waals surface area contributed by atoms with Crippen LogP contribution in [0.3, 0.4) is 0 Å². The molecule has 1 N–H and O–H groups in total. The first kappa shape index (κ1) is 19.1. The minimum absolute atomic E-state index is 0.101. The van der Waals surface area contributed by atoms with Gasteiger partial charge in [-0.05, 0) is 31.2 Å². The lowest BCUT2D eigenvalue weighted by Crippen LogP contribution is -2.33. The maximum atomic E-state index is 12.6. The molecular formula is C18H23N3O3S2. The number of rotatable bonds is 6. The molecule has 2 aromatic rings. The van der Waals surface area contributed by atoms with Gasteiger partial charge in [0.05, 0.1) is 11.1 Å². The first-order chi connectivity index (χ1) is 12.4. The number of aromatic amines is 1. The number of likely N-dealkylation sites (tertiary alicyclic amines) is 1. The van der Waals surface area contributed by atoms with Crippen LogP contribution in [0.5, 0.6) is 0 Å². The number of aromatic nitrogens is 2. The predicted molar refractivity (Wildman–Crippen MR) is 105 cm³/mol. The van der Waals surface area contributed by atoms with Crippen molar-refractivity contribution < 1.29 is 9.59 Å². The molecule has 1 unspecified atom stereocenters. The molecule has 1 saturated heterocycles. The van der Waals surface area contributed by atoms with E-state index in [9.17, 15) is 14.4 Å². The summed E-state index contributed by atoms with van der Waals surface area (Å²) in [7, 11) is 0. The lowest BCUT2D eigenvalue weighted by Gasteiger charge is -2.12. The number of carbonyl (C=O) groups excluding carboxylic acids is 2. The molecule has 26 heavy (non-hydrogen) atoms. The van der Waals surface area contributed by atoms with Crippen LogP contribution in [-0.2, 0) is 16.0 Å². The van der Waals surface area contributed by atoms with Crippen molar-refractivity contribution in [3.05, 3.63) is 20.8 Å². The van der Waals surface area contributed by atoms with Crippen molar-refractivity contribution in [3.63, 3.8) is 0 Å². The first-order valence-corrected chi connectivity index (χ1v) is 10.7. The van der Waals surface area contributed by atoms with Gasteiger partial charge in [0.15, 0.2) is 5.16 Å². The van der Waals surface area contributed by atoms with Crippen LogP contribution in [0, 0.1) is 12.8 Å². The number of fused-ring (bicyclic) bond motifs is 1. The molecule has 8 heteroatoms. The van der Waals surface area contributed by atoms with Crippen molar-refractivity contribution in [2.75, 3.05) is 12.3 Å². The Balaban J connectivity index is 1.80. The Labute approximate surface area is 160 Å². The Kier molecular flexibility index (Phi) is 5.82. The molecule has 6 nitrogen and oxygen atoms in total. The molecule has 2 amide bonds. The van der Waals surface area contributed by atoms with E-state index in [-0.39, 0.29) is 23.1 Å². The topological polar surface area (TPSA) is 83.1 Å². The maximum absolute atomic E-state index is 12.6. The molecule has 3 heterocycles. The van der Waals surface area contributed by atoms with Crippen LogP contribution in [0.25, 0.3) is 10.2 Å². The van der Waals surface area contributed by atoms with Crippen molar-refractivity contribution in [1.29, 1.82) is 0 Å². The van der Waals surface area contributed by atoms with E-state index in [1.807, 2.05) is 6.92 Å². The highest BCUT2D eigenvalue weighted by Crippen LogP contribution is 2.30. The summed E-state index contributed by atoms with van der Waals surface area (Å²) in [5.74, 6) is 0.274. The third kappa shape index (κ3) is 3.86. The molecule has 1 aliphatic heterocycles. The zero-order valence-electron chi connectivity index (χ0n) is 15.3. The smallest absolute Gasteiger partial charge is 0.260 e. The van der Waals surface area contributed by atoms with Crippen LogP contribution in [-0.4, -0.2) is 39.0 Å². The normalized spacial score (nSPS) is 15.8. The van der Waals surface area contributed by atoms with Crippen molar-refractivity contribution in [1.82, 2.24) is 14.9 Å². The molecule has 0 bridgehead atoms. The van der Waals surface area contributed by atoms with Crippen LogP contribution < -0.4 is 5.56 Å². The van der Waals surface area contributed by atoms with Gasteiger partial charge in [0, 0.05) is 17.8 Å². The summed E-state index contributed by atoms with van der Waals surface area (Å²) >= 11 is 2.70. The second kappa shape index (κ2) is 7.92. The van der Waals surface area contributed by atoms with Gasteiger partial charge in [-0.15, -0.1) is 11.3 Å². The van der Waals surface area contributed by atoms with Crippen molar-refractivity contribution in [3.8, 4) is 0 Å². The van der Waals surface area contributed by atoms with E-state index in [1.165, 1.54) is 28.0 Å². The number of imide groups is 1. The van der Waals surface area contributed by atoms with Crippen molar-refractivity contribution in [2.45, 2.75) is 51.6 Å². The van der Waals surface area contributed by atoms with Crippen molar-refractivity contribution in [2.24, 2.45) is 5.92 Å². The molecule has 1 atom stereocenters. The van der Waals surface area contributed by atoms with Crippen LogP contribution in [0.4, 0.5) is 0 Å². The van der Waals surface area contributed by atoms with Gasteiger partial charge in [-0.3, -0.25) is 19.3 Å². The molecule has 0 radical (unpaired) electrons. The Morgan fingerprint density at radius 1 is 1.42 bits per heavy atom. The summed E-state index contributed by atoms with van der Waals surface area (Å²) in [6.07, 6.45) is 3.09. The number of nitrogens with zero attached hydrogens (tertiary/aromatic N) is 2. The molecule has 0 spiro atoms. The number of H-pyrrole nitrogens is 1. The summed E-state index contributed by atoms with van der Waals surface area (Å²) in [5, 5.41) is 1.11. The van der Waals surface area contributed by atoms with Crippen LogP contribution in [0.15, 0.2) is 9.95 Å². The van der Waals surface area contributed by atoms with Crippen LogP contribution in [0.1, 0.15) is 43.6 Å². The SMILES string of the molecule is CCC(C)Cc1c(C)sc2nc(SCC(=O)N3CCCC3=O)[nH]c(=O)c12. The van der Waals surface area contributed by atoms with Crippen molar-refractivity contribution >= 4 is 45.1 Å². The highest BCUT2D eigenvalue weighted by Gasteiger charge is 2.26. The number of nitrogens with one attached hydrogen (secondary N) is 1. The van der Waals surface area contributed by atoms with Gasteiger partial charge in [0.1, 0.15) is 4.83 Å². The predicted octanol–water partition coefficient (Wildman–Crippen LogP) is 3.12. The third-order valence-electron chi connectivity index (χ3n) is 4.80. The number of hydrogen-bond donors (Lipinski definition) is 1. The van der Waals surface area contributed by atoms with Gasteiger partial charge in [-0.1, -0.05) is 32.0 Å². The largest absolute Gasteiger partial charge is 0.301 e. The third-order valence-corrected chi connectivity index (χ3v) is 6.70. The summed E-state index contributed by atoms with van der Waals surface area (Å²) in [6.45, 7) is 6.84. The van der Waals surface area contributed by atoms with Gasteiger partial charge in [0.25, 0.3) is 5.56 Å². The van der Waals surface area contributed by atoms with Crippen LogP contribution >= 0.6 is 23.1 Å². The Morgan fingerprint density at radius 2 is 2.19 bits per heavy atom. The fourth-order valence-corrected chi connectivity index (χ4v) is 4.93. The maximum Gasteiger partial charge on any atom is 0.260 e. The average molecular weight is 394 g/mol. The standard InChI is InChI=1S/C18H23N3O3S2/c1-4-10(2)8-12-11(3)26-17-15(12)16(24)19-18(20-17)25-9-14(23)21-7-5-6-13(21)22/h10H,4-9H2,1-3H3,(H,19,20,24). The minimum atomic E-state index is -0.222. The van der Waals surface area contributed by atoms with E-state index in [2.05, 4.69) is 23.8 Å². The Morgan fingerprint density at radius 3 is 2.85 bits per heavy atom. The number of amides is 2. The Hall–Kier alpha value is -1.67. The van der Waals surface area contributed by atoms with Gasteiger partial charge in [-0.25, -0.2) is 4.98 Å². The summed E-state index contributed by atoms with van der Waals surface area (Å²) in [4.78, 5) is 46.9. The zero-order chi connectivity index (χ0) is 18.8. The monoisotopic (exact) mass is 393 g/mol. The minimum Gasteiger partial charge on any atom is -0.301 e. The molecule has 1 aliphatic rings. The molecule has 0 aromatic carbocycles. The second-order valence-electron chi connectivity index (χ2n) is 6.74. The number of hydrogen-bond acceptors (Lipinski definition) is 6. The van der Waals surface area contributed by atoms with Gasteiger partial charge >= 0.3 is 0 Å². The molecule has 1 fully saturated rings. The van der Waals surface area contributed by atoms with E-state index < -0.39 is 0 Å². The van der Waals surface area contributed by atoms with E-state index >= 15 is 0 Å². The molecule has 2 aromatic heterocycles. The number of carbonyl (C=O) groups is 2. The van der Waals surface area contributed by atoms with E-state index in [1.54, 1.807) is 0 Å².